The summed E-state index contributed by atoms with van der Waals surface area (Å²) in [7, 11) is 0. The second-order valence-corrected chi connectivity index (χ2v) is 6.75. The van der Waals surface area contributed by atoms with Crippen molar-refractivity contribution in [3.8, 4) is 22.6 Å². The molecule has 0 fully saturated rings. The van der Waals surface area contributed by atoms with Crippen molar-refractivity contribution in [2.24, 2.45) is 0 Å². The molecule has 0 aliphatic rings. The monoisotopic (exact) mass is 396 g/mol. The van der Waals surface area contributed by atoms with Gasteiger partial charge in [0.2, 0.25) is 0 Å². The van der Waals surface area contributed by atoms with Gasteiger partial charge in [0, 0.05) is 35.9 Å². The Labute approximate surface area is 174 Å². The van der Waals surface area contributed by atoms with Gasteiger partial charge in [-0.2, -0.15) is 0 Å². The molecule has 2 aromatic heterocycles. The normalized spacial score (nSPS) is 11.5. The van der Waals surface area contributed by atoms with Crippen molar-refractivity contribution in [1.29, 1.82) is 0 Å². The van der Waals surface area contributed by atoms with Crippen molar-refractivity contribution < 1.29 is 9.53 Å². The van der Waals surface area contributed by atoms with E-state index < -0.39 is 0 Å². The first-order valence-electron chi connectivity index (χ1n) is 9.53. The van der Waals surface area contributed by atoms with Gasteiger partial charge in [0.25, 0.3) is 5.91 Å². The summed E-state index contributed by atoms with van der Waals surface area (Å²) in [4.78, 5) is 24.7. The van der Waals surface area contributed by atoms with Crippen molar-refractivity contribution in [3.63, 3.8) is 0 Å². The van der Waals surface area contributed by atoms with Crippen LogP contribution in [0.5, 0.6) is 11.5 Å². The second kappa shape index (κ2) is 8.96. The average molecular weight is 396 g/mol. The molecule has 1 N–H and O–H groups in total. The molecule has 1 unspecified atom stereocenters. The molecular formula is C24H20N4O2. The number of carbonyl (C=O) groups excluding carboxylic acids is 1. The van der Waals surface area contributed by atoms with Crippen LogP contribution >= 0.6 is 0 Å². The molecule has 6 nitrogen and oxygen atoms in total. The van der Waals surface area contributed by atoms with Crippen molar-refractivity contribution in [2.45, 2.75) is 13.0 Å². The molecule has 2 aromatic carbocycles. The molecule has 4 rings (SSSR count). The predicted octanol–water partition coefficient (Wildman–Crippen LogP) is 4.82. The third-order valence-electron chi connectivity index (χ3n) is 4.65. The van der Waals surface area contributed by atoms with E-state index in [1.807, 2.05) is 31.2 Å². The fraction of sp³-hybridized carbons (Fsp3) is 0.0833. The highest BCUT2D eigenvalue weighted by molar-refractivity contribution is 5.94. The van der Waals surface area contributed by atoms with Crippen LogP contribution in [-0.2, 0) is 0 Å². The lowest BCUT2D eigenvalue weighted by Gasteiger charge is -2.15. The molecule has 0 aliphatic heterocycles. The topological polar surface area (TPSA) is 77.0 Å². The molecule has 2 heterocycles. The van der Waals surface area contributed by atoms with Crippen LogP contribution in [0, 0.1) is 0 Å². The third kappa shape index (κ3) is 4.67. The van der Waals surface area contributed by atoms with Crippen LogP contribution in [0.4, 0.5) is 0 Å². The number of rotatable bonds is 6. The largest absolute Gasteiger partial charge is 0.457 e. The Kier molecular flexibility index (Phi) is 5.75. The second-order valence-electron chi connectivity index (χ2n) is 6.75. The van der Waals surface area contributed by atoms with Gasteiger partial charge in [-0.05, 0) is 54.4 Å². The van der Waals surface area contributed by atoms with Crippen molar-refractivity contribution in [3.05, 3.63) is 103 Å². The molecule has 6 heteroatoms. The van der Waals surface area contributed by atoms with Crippen LogP contribution in [0.3, 0.4) is 0 Å². The van der Waals surface area contributed by atoms with Crippen LogP contribution in [0.25, 0.3) is 11.1 Å². The smallest absolute Gasteiger partial charge is 0.251 e. The maximum absolute atomic E-state index is 12.6. The van der Waals surface area contributed by atoms with Gasteiger partial charge in [-0.25, -0.2) is 9.97 Å². The number of ether oxygens (including phenoxy) is 1. The molecule has 0 spiro atoms. The van der Waals surface area contributed by atoms with E-state index in [0.29, 0.717) is 17.1 Å². The highest BCUT2D eigenvalue weighted by Gasteiger charge is 2.12. The molecule has 0 aliphatic carbocycles. The summed E-state index contributed by atoms with van der Waals surface area (Å²) in [6.45, 7) is 1.96. The Morgan fingerprint density at radius 2 is 1.43 bits per heavy atom. The van der Waals surface area contributed by atoms with Crippen molar-refractivity contribution in [2.75, 3.05) is 0 Å². The van der Waals surface area contributed by atoms with Crippen LogP contribution in [0.2, 0.25) is 0 Å². The van der Waals surface area contributed by atoms with Gasteiger partial charge in [-0.15, -0.1) is 0 Å². The van der Waals surface area contributed by atoms with Gasteiger partial charge in [0.05, 0.1) is 6.04 Å². The Balaban J connectivity index is 1.38. The minimum absolute atomic E-state index is 0.133. The number of nitrogens with one attached hydrogen (secondary N) is 1. The van der Waals surface area contributed by atoms with Crippen LogP contribution in [-0.4, -0.2) is 20.9 Å². The molecule has 4 aromatic rings. The van der Waals surface area contributed by atoms with E-state index in [2.05, 4.69) is 20.3 Å². The number of aromatic nitrogens is 3. The molecule has 0 radical (unpaired) electrons. The van der Waals surface area contributed by atoms with E-state index in [9.17, 15) is 4.79 Å². The number of nitrogens with zero attached hydrogens (tertiary/aromatic N) is 3. The number of amides is 1. The number of hydrogen-bond acceptors (Lipinski definition) is 5. The van der Waals surface area contributed by atoms with Crippen LogP contribution in [0.15, 0.2) is 91.8 Å². The minimum Gasteiger partial charge on any atom is -0.457 e. The highest BCUT2D eigenvalue weighted by atomic mass is 16.5. The first-order valence-corrected chi connectivity index (χ1v) is 9.53. The molecule has 148 valence electrons. The maximum Gasteiger partial charge on any atom is 0.251 e. The van der Waals surface area contributed by atoms with Crippen LogP contribution < -0.4 is 10.1 Å². The van der Waals surface area contributed by atoms with Gasteiger partial charge in [-0.1, -0.05) is 24.3 Å². The summed E-state index contributed by atoms with van der Waals surface area (Å²) in [6.07, 6.45) is 8.38. The van der Waals surface area contributed by atoms with Gasteiger partial charge in [0.1, 0.15) is 17.8 Å². The molecule has 1 amide bonds. The lowest BCUT2D eigenvalue weighted by Crippen LogP contribution is -2.26. The highest BCUT2D eigenvalue weighted by Crippen LogP contribution is 2.22. The van der Waals surface area contributed by atoms with E-state index in [-0.39, 0.29) is 11.9 Å². The van der Waals surface area contributed by atoms with Gasteiger partial charge < -0.3 is 10.1 Å². The summed E-state index contributed by atoms with van der Waals surface area (Å²) < 4.78 is 5.73. The maximum atomic E-state index is 12.6. The van der Waals surface area contributed by atoms with E-state index in [0.717, 1.165) is 16.7 Å². The standard InChI is InChI=1S/C24H20N4O2/c1-17(18-2-4-19(5-3-18)21-14-26-16-27-15-21)28-24(29)20-6-8-22(9-7-20)30-23-10-12-25-13-11-23/h2-17H,1H3,(H,28,29). The molecule has 0 bridgehead atoms. The number of benzene rings is 2. The lowest BCUT2D eigenvalue weighted by atomic mass is 10.0. The van der Waals surface area contributed by atoms with E-state index >= 15 is 0 Å². The van der Waals surface area contributed by atoms with Crippen LogP contribution in [0.1, 0.15) is 28.9 Å². The number of pyridine rings is 1. The zero-order valence-corrected chi connectivity index (χ0v) is 16.4. The van der Waals surface area contributed by atoms with Crippen molar-refractivity contribution >= 4 is 5.91 Å². The van der Waals surface area contributed by atoms with E-state index in [4.69, 9.17) is 4.74 Å². The third-order valence-corrected chi connectivity index (χ3v) is 4.65. The summed E-state index contributed by atoms with van der Waals surface area (Å²) >= 11 is 0. The summed E-state index contributed by atoms with van der Waals surface area (Å²) in [5.41, 5.74) is 3.57. The quantitative estimate of drug-likeness (QED) is 0.505. The Morgan fingerprint density at radius 3 is 2.10 bits per heavy atom. The first kappa shape index (κ1) is 19.3. The Bertz CT molecular complexity index is 1100. The van der Waals surface area contributed by atoms with E-state index in [1.165, 1.54) is 6.33 Å². The molecule has 1 atom stereocenters. The molecule has 0 saturated carbocycles. The zero-order chi connectivity index (χ0) is 20.8. The lowest BCUT2D eigenvalue weighted by molar-refractivity contribution is 0.0940. The Hall–Kier alpha value is -4.06. The predicted molar refractivity (Wildman–Crippen MR) is 114 cm³/mol. The van der Waals surface area contributed by atoms with E-state index in [1.54, 1.807) is 61.2 Å². The summed E-state index contributed by atoms with van der Waals surface area (Å²) in [5, 5.41) is 3.03. The summed E-state index contributed by atoms with van der Waals surface area (Å²) in [5.74, 6) is 1.21. The van der Waals surface area contributed by atoms with Gasteiger partial charge in [0.15, 0.2) is 0 Å². The molecule has 30 heavy (non-hydrogen) atoms. The average Bonchev–Trinajstić information content (AvgIpc) is 2.81. The summed E-state index contributed by atoms with van der Waals surface area (Å²) in [6, 6.07) is 18.5. The fourth-order valence-corrected chi connectivity index (χ4v) is 2.99. The Morgan fingerprint density at radius 1 is 0.800 bits per heavy atom. The number of carbonyl (C=O) groups is 1. The molecular weight excluding hydrogens is 376 g/mol. The van der Waals surface area contributed by atoms with Crippen molar-refractivity contribution in [1.82, 2.24) is 20.3 Å². The fourth-order valence-electron chi connectivity index (χ4n) is 2.99. The zero-order valence-electron chi connectivity index (χ0n) is 16.4. The number of hydrogen-bond donors (Lipinski definition) is 1. The first-order chi connectivity index (χ1) is 14.7. The SMILES string of the molecule is CC(NC(=O)c1ccc(Oc2ccncc2)cc1)c1ccc(-c2cncnc2)cc1. The minimum atomic E-state index is -0.140. The van der Waals surface area contributed by atoms with Gasteiger partial charge >= 0.3 is 0 Å². The molecule has 0 saturated heterocycles. The van der Waals surface area contributed by atoms with Gasteiger partial charge in [-0.3, -0.25) is 9.78 Å².